The van der Waals surface area contributed by atoms with Gasteiger partial charge in [-0.05, 0) is 49.3 Å². The maximum absolute atomic E-state index is 12.6. The summed E-state index contributed by atoms with van der Waals surface area (Å²) in [6.07, 6.45) is 9.66. The molecule has 27 heavy (non-hydrogen) atoms. The van der Waals surface area contributed by atoms with Crippen molar-refractivity contribution in [1.82, 2.24) is 5.32 Å². The van der Waals surface area contributed by atoms with Gasteiger partial charge in [-0.25, -0.2) is 0 Å². The predicted octanol–water partition coefficient (Wildman–Crippen LogP) is 3.54. The van der Waals surface area contributed by atoms with E-state index in [4.69, 9.17) is 15.2 Å². The van der Waals surface area contributed by atoms with Crippen molar-refractivity contribution < 1.29 is 14.3 Å². The number of ether oxygens (including phenoxy) is 2. The van der Waals surface area contributed by atoms with Crippen LogP contribution in [0.1, 0.15) is 63.4 Å². The lowest BCUT2D eigenvalue weighted by molar-refractivity contribution is -0.122. The van der Waals surface area contributed by atoms with Crippen LogP contribution in [0.25, 0.3) is 0 Å². The molecule has 2 fully saturated rings. The second-order valence-corrected chi connectivity index (χ2v) is 8.25. The van der Waals surface area contributed by atoms with E-state index in [1.165, 1.54) is 24.8 Å². The highest BCUT2D eigenvalue weighted by Gasteiger charge is 2.35. The smallest absolute Gasteiger partial charge is 0.220 e. The van der Waals surface area contributed by atoms with Crippen molar-refractivity contribution >= 4 is 5.91 Å². The van der Waals surface area contributed by atoms with E-state index >= 15 is 0 Å². The molecule has 0 heterocycles. The first-order valence-electron chi connectivity index (χ1n) is 10.3. The van der Waals surface area contributed by atoms with Crippen LogP contribution in [0.5, 0.6) is 11.5 Å². The molecule has 1 aromatic rings. The van der Waals surface area contributed by atoms with Crippen molar-refractivity contribution in [2.45, 2.75) is 69.2 Å². The summed E-state index contributed by atoms with van der Waals surface area (Å²) in [5.74, 6) is 1.98. The van der Waals surface area contributed by atoms with E-state index in [1.54, 1.807) is 14.2 Å². The lowest BCUT2D eigenvalue weighted by atomic mass is 9.69. The average Bonchev–Trinajstić information content (AvgIpc) is 3.11. The Bertz CT molecular complexity index is 640. The van der Waals surface area contributed by atoms with Crippen LogP contribution in [0.4, 0.5) is 0 Å². The van der Waals surface area contributed by atoms with Gasteiger partial charge in [0.1, 0.15) is 0 Å². The lowest BCUT2D eigenvalue weighted by Crippen LogP contribution is -2.43. The number of benzene rings is 1. The summed E-state index contributed by atoms with van der Waals surface area (Å²) in [5.41, 5.74) is 7.35. The van der Waals surface area contributed by atoms with Gasteiger partial charge in [0.25, 0.3) is 0 Å². The normalized spacial score (nSPS) is 24.4. The fourth-order valence-electron chi connectivity index (χ4n) is 4.86. The Labute approximate surface area is 163 Å². The van der Waals surface area contributed by atoms with E-state index in [-0.39, 0.29) is 17.4 Å². The van der Waals surface area contributed by atoms with Gasteiger partial charge < -0.3 is 20.5 Å². The van der Waals surface area contributed by atoms with Gasteiger partial charge in [-0.15, -0.1) is 0 Å². The van der Waals surface area contributed by atoms with Gasteiger partial charge in [0.05, 0.1) is 14.2 Å². The number of hydrogen-bond donors (Lipinski definition) is 2. The molecule has 150 valence electrons. The van der Waals surface area contributed by atoms with Crippen LogP contribution in [0.2, 0.25) is 0 Å². The molecule has 1 amide bonds. The summed E-state index contributed by atoms with van der Waals surface area (Å²) >= 11 is 0. The fourth-order valence-corrected chi connectivity index (χ4v) is 4.86. The Balaban J connectivity index is 1.72. The van der Waals surface area contributed by atoms with Crippen LogP contribution in [0.3, 0.4) is 0 Å². The summed E-state index contributed by atoms with van der Waals surface area (Å²) < 4.78 is 10.9. The second-order valence-electron chi connectivity index (χ2n) is 8.25. The van der Waals surface area contributed by atoms with Crippen LogP contribution in [-0.2, 0) is 10.2 Å². The van der Waals surface area contributed by atoms with Gasteiger partial charge in [-0.3, -0.25) is 4.79 Å². The van der Waals surface area contributed by atoms with Gasteiger partial charge in [-0.2, -0.15) is 0 Å². The van der Waals surface area contributed by atoms with Crippen molar-refractivity contribution in [3.63, 3.8) is 0 Å². The molecule has 2 aliphatic carbocycles. The third-order valence-corrected chi connectivity index (χ3v) is 6.60. The van der Waals surface area contributed by atoms with Crippen molar-refractivity contribution in [3.05, 3.63) is 23.8 Å². The molecule has 0 unspecified atom stereocenters. The van der Waals surface area contributed by atoms with Crippen LogP contribution in [0, 0.1) is 5.92 Å². The Morgan fingerprint density at radius 3 is 2.48 bits per heavy atom. The summed E-state index contributed by atoms with van der Waals surface area (Å²) in [7, 11) is 3.32. The number of carbonyl (C=O) groups excluding carboxylic acids is 1. The number of hydrogen-bond acceptors (Lipinski definition) is 4. The largest absolute Gasteiger partial charge is 0.493 e. The molecule has 1 aromatic carbocycles. The van der Waals surface area contributed by atoms with E-state index < -0.39 is 0 Å². The topological polar surface area (TPSA) is 73.6 Å². The Kier molecular flexibility index (Phi) is 6.64. The summed E-state index contributed by atoms with van der Waals surface area (Å²) in [4.78, 5) is 12.6. The van der Waals surface area contributed by atoms with Crippen molar-refractivity contribution in [3.8, 4) is 11.5 Å². The first kappa shape index (κ1) is 20.0. The van der Waals surface area contributed by atoms with E-state index in [0.717, 1.165) is 43.6 Å². The van der Waals surface area contributed by atoms with Crippen molar-refractivity contribution in [1.29, 1.82) is 0 Å². The minimum atomic E-state index is -0.0226. The molecule has 2 saturated carbocycles. The lowest BCUT2D eigenvalue weighted by Gasteiger charge is -2.38. The van der Waals surface area contributed by atoms with Gasteiger partial charge in [0, 0.05) is 24.4 Å². The maximum atomic E-state index is 12.6. The molecule has 0 saturated heterocycles. The van der Waals surface area contributed by atoms with Crippen LogP contribution in [0.15, 0.2) is 18.2 Å². The molecule has 0 bridgehead atoms. The van der Waals surface area contributed by atoms with Crippen molar-refractivity contribution in [2.75, 3.05) is 20.8 Å². The van der Waals surface area contributed by atoms with E-state index in [2.05, 4.69) is 17.4 Å². The SMILES string of the molecule is COc1ccc(C2(CNC(=O)C[C@@H]3CCC[C@H]3N)CCCCC2)cc1OC. The minimum Gasteiger partial charge on any atom is -0.493 e. The summed E-state index contributed by atoms with van der Waals surface area (Å²) in [5, 5.41) is 3.24. The minimum absolute atomic E-state index is 0.0226. The maximum Gasteiger partial charge on any atom is 0.220 e. The van der Waals surface area contributed by atoms with E-state index in [1.807, 2.05) is 6.07 Å². The highest BCUT2D eigenvalue weighted by molar-refractivity contribution is 5.76. The molecule has 2 atom stereocenters. The summed E-state index contributed by atoms with van der Waals surface area (Å²) in [6.45, 7) is 0.684. The van der Waals surface area contributed by atoms with E-state index in [0.29, 0.717) is 18.9 Å². The van der Waals surface area contributed by atoms with Gasteiger partial charge in [-0.1, -0.05) is 31.7 Å². The number of nitrogens with two attached hydrogens (primary N) is 1. The Morgan fingerprint density at radius 1 is 1.11 bits per heavy atom. The molecule has 0 spiro atoms. The van der Waals surface area contributed by atoms with E-state index in [9.17, 15) is 4.79 Å². The highest BCUT2D eigenvalue weighted by atomic mass is 16.5. The monoisotopic (exact) mass is 374 g/mol. The first-order valence-corrected chi connectivity index (χ1v) is 10.3. The van der Waals surface area contributed by atoms with Gasteiger partial charge >= 0.3 is 0 Å². The van der Waals surface area contributed by atoms with Crippen LogP contribution in [-0.4, -0.2) is 32.7 Å². The highest BCUT2D eigenvalue weighted by Crippen LogP contribution is 2.42. The number of carbonyl (C=O) groups is 1. The van der Waals surface area contributed by atoms with Crippen LogP contribution < -0.4 is 20.5 Å². The van der Waals surface area contributed by atoms with Gasteiger partial charge in [0.15, 0.2) is 11.5 Å². The zero-order chi connectivity index (χ0) is 19.3. The molecule has 3 rings (SSSR count). The zero-order valence-corrected chi connectivity index (χ0v) is 16.8. The number of amides is 1. The first-order chi connectivity index (χ1) is 13.1. The molecular formula is C22H34N2O3. The molecule has 2 aliphatic rings. The predicted molar refractivity (Wildman–Crippen MR) is 107 cm³/mol. The van der Waals surface area contributed by atoms with Crippen molar-refractivity contribution in [2.24, 2.45) is 11.7 Å². The number of rotatable bonds is 7. The Hall–Kier alpha value is -1.75. The quantitative estimate of drug-likeness (QED) is 0.766. The second kappa shape index (κ2) is 8.96. The molecule has 5 heteroatoms. The fraction of sp³-hybridized carbons (Fsp3) is 0.682. The van der Waals surface area contributed by atoms with Crippen LogP contribution >= 0.6 is 0 Å². The molecular weight excluding hydrogens is 340 g/mol. The third kappa shape index (κ3) is 4.57. The molecule has 5 nitrogen and oxygen atoms in total. The number of methoxy groups -OCH3 is 2. The third-order valence-electron chi connectivity index (χ3n) is 6.60. The molecule has 3 N–H and O–H groups in total. The Morgan fingerprint density at radius 2 is 1.85 bits per heavy atom. The average molecular weight is 375 g/mol. The standard InChI is InChI=1S/C22H34N2O3/c1-26-19-10-9-17(14-20(19)27-2)22(11-4-3-5-12-22)15-24-21(25)13-16-7-6-8-18(16)23/h9-10,14,16,18H,3-8,11-13,15,23H2,1-2H3,(H,24,25)/t16-,18+/m0/s1. The zero-order valence-electron chi connectivity index (χ0n) is 16.8. The number of nitrogens with one attached hydrogen (secondary N) is 1. The summed E-state index contributed by atoms with van der Waals surface area (Å²) in [6, 6.07) is 6.38. The molecule has 0 aromatic heterocycles. The molecule has 0 radical (unpaired) electrons. The molecule has 0 aliphatic heterocycles. The van der Waals surface area contributed by atoms with Gasteiger partial charge in [0.2, 0.25) is 5.91 Å².